The minimum Gasteiger partial charge on any atom is -1.00 e. The average molecular weight is 479 g/mol. The molecule has 9 nitrogen and oxygen atoms in total. The van der Waals surface area contributed by atoms with Gasteiger partial charge in [0.25, 0.3) is 0 Å². The molecular formula is C24H35N6NaO3. The first-order chi connectivity index (χ1) is 16.0. The van der Waals surface area contributed by atoms with Crippen LogP contribution in [-0.4, -0.2) is 53.8 Å². The van der Waals surface area contributed by atoms with E-state index in [1.807, 2.05) is 74.5 Å². The smallest absolute Gasteiger partial charge is 1.00 e. The zero-order valence-electron chi connectivity index (χ0n) is 21.7. The summed E-state index contributed by atoms with van der Waals surface area (Å²) in [5.41, 5.74) is 2.13. The molecule has 0 N–H and O–H groups in total. The molecule has 0 aliphatic carbocycles. The predicted octanol–water partition coefficient (Wildman–Crippen LogP) is 1.95. The summed E-state index contributed by atoms with van der Waals surface area (Å²) in [5.74, 6) is 0.0991. The van der Waals surface area contributed by atoms with Gasteiger partial charge in [0.2, 0.25) is 0 Å². The molecule has 0 aliphatic rings. The SMILES string of the molecule is CCC(C)[C@@H](CN(N=O)[C@@H](Cc1ccccc1)CN(C)N=O)N(CCc1ccccc1)N=O.[H-].[Na+]. The van der Waals surface area contributed by atoms with Crippen LogP contribution in [0.15, 0.2) is 76.5 Å². The summed E-state index contributed by atoms with van der Waals surface area (Å²) in [6.07, 6.45) is 1.99. The molecule has 0 saturated carbocycles. The number of nitroso groups, excluding NO2 is 3. The quantitative estimate of drug-likeness (QED) is 0.208. The van der Waals surface area contributed by atoms with E-state index in [1.165, 1.54) is 15.0 Å². The van der Waals surface area contributed by atoms with Crippen molar-refractivity contribution in [1.82, 2.24) is 15.0 Å². The van der Waals surface area contributed by atoms with Crippen LogP contribution in [0.5, 0.6) is 0 Å². The van der Waals surface area contributed by atoms with E-state index in [0.29, 0.717) is 19.4 Å². The molecule has 0 fully saturated rings. The second-order valence-electron chi connectivity index (χ2n) is 8.40. The predicted molar refractivity (Wildman–Crippen MR) is 132 cm³/mol. The monoisotopic (exact) mass is 478 g/mol. The van der Waals surface area contributed by atoms with Gasteiger partial charge in [0.15, 0.2) is 0 Å². The molecule has 2 aromatic carbocycles. The Balaban J connectivity index is 0.00000578. The van der Waals surface area contributed by atoms with E-state index in [4.69, 9.17) is 0 Å². The van der Waals surface area contributed by atoms with E-state index in [0.717, 1.165) is 17.5 Å². The Hall–Kier alpha value is -2.36. The van der Waals surface area contributed by atoms with E-state index in [-0.39, 0.29) is 62.1 Å². The van der Waals surface area contributed by atoms with Crippen molar-refractivity contribution in [3.8, 4) is 0 Å². The molecule has 0 radical (unpaired) electrons. The number of rotatable bonds is 16. The topological polar surface area (TPSA) is 98.0 Å². The van der Waals surface area contributed by atoms with Gasteiger partial charge in [-0.05, 0) is 29.9 Å². The maximum atomic E-state index is 12.0. The second kappa shape index (κ2) is 16.3. The molecular weight excluding hydrogens is 443 g/mol. The maximum Gasteiger partial charge on any atom is 1.00 e. The molecule has 0 aromatic heterocycles. The van der Waals surface area contributed by atoms with E-state index < -0.39 is 0 Å². The molecule has 0 aliphatic heterocycles. The maximum absolute atomic E-state index is 12.0. The molecule has 10 heteroatoms. The van der Waals surface area contributed by atoms with Crippen molar-refractivity contribution in [2.45, 2.75) is 45.2 Å². The van der Waals surface area contributed by atoms with Crippen LogP contribution in [0.4, 0.5) is 0 Å². The molecule has 0 heterocycles. The van der Waals surface area contributed by atoms with Crippen LogP contribution >= 0.6 is 0 Å². The van der Waals surface area contributed by atoms with E-state index in [1.54, 1.807) is 7.05 Å². The van der Waals surface area contributed by atoms with Gasteiger partial charge in [0.05, 0.1) is 41.0 Å². The number of hydrogen-bond acceptors (Lipinski definition) is 6. The first-order valence-corrected chi connectivity index (χ1v) is 11.3. The molecule has 1 unspecified atom stereocenters. The Morgan fingerprint density at radius 2 is 1.38 bits per heavy atom. The third-order valence-corrected chi connectivity index (χ3v) is 6.09. The largest absolute Gasteiger partial charge is 1.00 e. The van der Waals surface area contributed by atoms with Gasteiger partial charge >= 0.3 is 29.6 Å². The first kappa shape index (κ1) is 29.7. The molecule has 2 rings (SSSR count). The van der Waals surface area contributed by atoms with Crippen LogP contribution in [0.1, 0.15) is 32.8 Å². The summed E-state index contributed by atoms with van der Waals surface area (Å²) < 4.78 is 0. The fourth-order valence-electron chi connectivity index (χ4n) is 3.92. The van der Waals surface area contributed by atoms with Gasteiger partial charge < -0.3 is 1.43 Å². The van der Waals surface area contributed by atoms with E-state index in [2.05, 4.69) is 15.9 Å². The summed E-state index contributed by atoms with van der Waals surface area (Å²) >= 11 is 0. The van der Waals surface area contributed by atoms with Crippen LogP contribution < -0.4 is 29.6 Å². The standard InChI is InChI=1S/C24H34N6O3.Na.H/c1-4-20(2)24(29(26-32)16-15-21-11-7-5-8-12-21)19-30(27-33)23(18-28(3)25-31)17-22-13-9-6-10-14-22;;/h5-14,20,23-24H,4,15-19H2,1-3H3;;/q;+1;-1/t20?,23-,24+;;/m0../s1. The molecule has 3 atom stereocenters. The summed E-state index contributed by atoms with van der Waals surface area (Å²) in [7, 11) is 1.57. The van der Waals surface area contributed by atoms with E-state index >= 15 is 0 Å². The van der Waals surface area contributed by atoms with E-state index in [9.17, 15) is 14.7 Å². The van der Waals surface area contributed by atoms with Gasteiger partial charge in [-0.25, -0.2) is 0 Å². The van der Waals surface area contributed by atoms with Crippen molar-refractivity contribution in [2.75, 3.05) is 26.7 Å². The zero-order valence-corrected chi connectivity index (χ0v) is 22.7. The molecule has 0 spiro atoms. The Kier molecular flexibility index (Phi) is 14.2. The Bertz CT molecular complexity index is 852. The summed E-state index contributed by atoms with van der Waals surface area (Å²) in [5, 5.41) is 13.8. The normalized spacial score (nSPS) is 13.0. The average Bonchev–Trinajstić information content (AvgIpc) is 2.86. The van der Waals surface area contributed by atoms with Gasteiger partial charge in [-0.2, -0.15) is 0 Å². The molecule has 0 amide bonds. The van der Waals surface area contributed by atoms with Gasteiger partial charge in [0.1, 0.15) is 0 Å². The molecule has 0 bridgehead atoms. The number of hydrogen-bond donors (Lipinski definition) is 0. The fraction of sp³-hybridized carbons (Fsp3) is 0.500. The van der Waals surface area contributed by atoms with Gasteiger partial charge in [0, 0.05) is 13.6 Å². The van der Waals surface area contributed by atoms with Crippen molar-refractivity contribution in [1.29, 1.82) is 0 Å². The van der Waals surface area contributed by atoms with Crippen molar-refractivity contribution in [2.24, 2.45) is 21.8 Å². The Morgan fingerprint density at radius 1 is 0.824 bits per heavy atom. The van der Waals surface area contributed by atoms with Crippen molar-refractivity contribution in [3.63, 3.8) is 0 Å². The van der Waals surface area contributed by atoms with Crippen molar-refractivity contribution < 1.29 is 31.0 Å². The summed E-state index contributed by atoms with van der Waals surface area (Å²) in [6.45, 7) is 4.98. The molecule has 180 valence electrons. The third kappa shape index (κ3) is 9.48. The van der Waals surface area contributed by atoms with Crippen LogP contribution in [-0.2, 0) is 12.8 Å². The zero-order chi connectivity index (χ0) is 24.1. The molecule has 34 heavy (non-hydrogen) atoms. The van der Waals surface area contributed by atoms with Gasteiger partial charge in [-0.15, -0.1) is 14.7 Å². The van der Waals surface area contributed by atoms with Crippen molar-refractivity contribution in [3.05, 3.63) is 86.5 Å². The number of likely N-dealkylation sites (N-methyl/N-ethyl adjacent to an activating group) is 1. The third-order valence-electron chi connectivity index (χ3n) is 6.09. The van der Waals surface area contributed by atoms with Crippen LogP contribution in [0.3, 0.4) is 0 Å². The van der Waals surface area contributed by atoms with Crippen LogP contribution in [0, 0.1) is 20.6 Å². The minimum atomic E-state index is -0.387. The fourth-order valence-corrected chi connectivity index (χ4v) is 3.92. The second-order valence-corrected chi connectivity index (χ2v) is 8.40. The number of benzene rings is 2. The van der Waals surface area contributed by atoms with Crippen LogP contribution in [0.25, 0.3) is 0 Å². The molecule has 2 aromatic rings. The molecule has 0 saturated heterocycles. The number of nitrogens with zero attached hydrogens (tertiary/aromatic N) is 6. The van der Waals surface area contributed by atoms with Gasteiger partial charge in [-0.3, -0.25) is 15.0 Å². The van der Waals surface area contributed by atoms with Crippen molar-refractivity contribution >= 4 is 0 Å². The minimum absolute atomic E-state index is 0. The Morgan fingerprint density at radius 3 is 1.88 bits per heavy atom. The van der Waals surface area contributed by atoms with Crippen LogP contribution in [0.2, 0.25) is 0 Å². The Labute approximate surface area is 225 Å². The van der Waals surface area contributed by atoms with Gasteiger partial charge in [-0.1, -0.05) is 80.9 Å². The summed E-state index contributed by atoms with van der Waals surface area (Å²) in [6, 6.07) is 18.9. The first-order valence-electron chi connectivity index (χ1n) is 11.3. The summed E-state index contributed by atoms with van der Waals surface area (Å²) in [4.78, 5) is 34.8.